The van der Waals surface area contributed by atoms with E-state index in [4.69, 9.17) is 0 Å². The summed E-state index contributed by atoms with van der Waals surface area (Å²) in [4.78, 5) is 41.0. The molecule has 216 valence electrons. The van der Waals surface area contributed by atoms with Crippen molar-refractivity contribution in [3.05, 3.63) is 0 Å². The van der Waals surface area contributed by atoms with Crippen molar-refractivity contribution in [2.24, 2.45) is 0 Å². The predicted molar refractivity (Wildman–Crippen MR) is 126 cm³/mol. The summed E-state index contributed by atoms with van der Waals surface area (Å²) in [7, 11) is 0. The largest absolute Gasteiger partial charge is 0.480 e. The van der Waals surface area contributed by atoms with Crippen molar-refractivity contribution in [3.63, 3.8) is 0 Å². The average Bonchev–Trinajstić information content (AvgIpc) is 2.84. The van der Waals surface area contributed by atoms with Crippen molar-refractivity contribution in [2.75, 3.05) is 85.4 Å². The predicted octanol–water partition coefficient (Wildman–Crippen LogP) is -5.74. The van der Waals surface area contributed by atoms with Crippen LogP contribution in [0.5, 0.6) is 0 Å². The van der Waals surface area contributed by atoms with Crippen LogP contribution in [0, 0.1) is 0 Å². The topological polar surface area (TPSA) is 246 Å². The van der Waals surface area contributed by atoms with Gasteiger partial charge in [0.05, 0.1) is 45.2 Å². The third kappa shape index (κ3) is 9.68. The van der Waals surface area contributed by atoms with Gasteiger partial charge in [-0.3, -0.25) is 34.0 Å². The first-order valence-electron chi connectivity index (χ1n) is 11.9. The molecular formula is C21H40N4O12. The highest BCUT2D eigenvalue weighted by Gasteiger charge is 2.34. The molecule has 0 saturated carbocycles. The average molecular weight is 541 g/mol. The van der Waals surface area contributed by atoms with Gasteiger partial charge in [0, 0.05) is 52.4 Å². The smallest absolute Gasteiger partial charge is 0.323 e. The van der Waals surface area contributed by atoms with Gasteiger partial charge in [0.25, 0.3) is 0 Å². The fraction of sp³-hybridized carbons (Fsp3) is 0.857. The van der Waals surface area contributed by atoms with Gasteiger partial charge >= 0.3 is 17.9 Å². The zero-order chi connectivity index (χ0) is 28.1. The maximum Gasteiger partial charge on any atom is 0.323 e. The lowest BCUT2D eigenvalue weighted by Gasteiger charge is -2.40. The Labute approximate surface area is 214 Å². The quantitative estimate of drug-likeness (QED) is 0.106. The van der Waals surface area contributed by atoms with Crippen molar-refractivity contribution < 1.29 is 60.3 Å². The summed E-state index contributed by atoms with van der Waals surface area (Å²) in [5, 5.41) is 87.3. The lowest BCUT2D eigenvalue weighted by molar-refractivity contribution is -0.149. The summed E-state index contributed by atoms with van der Waals surface area (Å²) in [5.74, 6) is -3.98. The Balaban J connectivity index is 3.42. The summed E-state index contributed by atoms with van der Waals surface area (Å²) in [6.45, 7) is -3.70. The van der Waals surface area contributed by atoms with Gasteiger partial charge in [0.2, 0.25) is 0 Å². The number of nitrogens with zero attached hydrogens (tertiary/aromatic N) is 4. The second-order valence-corrected chi connectivity index (χ2v) is 8.75. The number of hydrogen-bond acceptors (Lipinski definition) is 13. The molecule has 9 N–H and O–H groups in total. The molecule has 1 aliphatic heterocycles. The van der Waals surface area contributed by atoms with Gasteiger partial charge in [0.1, 0.15) is 18.1 Å². The van der Waals surface area contributed by atoms with Crippen LogP contribution in [0.2, 0.25) is 0 Å². The van der Waals surface area contributed by atoms with Crippen LogP contribution in [-0.4, -0.2) is 199 Å². The molecule has 0 amide bonds. The SMILES string of the molecule is O=C(O)C(CO)N1CCN(C(CO)C(=O)O)CCN(C(CO)C(O)CO)CCN(C(CO)C(=O)O)CC1. The minimum atomic E-state index is -1.36. The molecular weight excluding hydrogens is 500 g/mol. The third-order valence-corrected chi connectivity index (χ3v) is 6.68. The molecule has 5 unspecified atom stereocenters. The first-order chi connectivity index (χ1) is 17.6. The molecule has 0 spiro atoms. The van der Waals surface area contributed by atoms with Crippen LogP contribution >= 0.6 is 0 Å². The van der Waals surface area contributed by atoms with E-state index >= 15 is 0 Å². The molecule has 1 heterocycles. The van der Waals surface area contributed by atoms with Crippen LogP contribution < -0.4 is 0 Å². The number of carbonyl (C=O) groups is 3. The zero-order valence-electron chi connectivity index (χ0n) is 20.6. The lowest BCUT2D eigenvalue weighted by Crippen LogP contribution is -2.58. The Morgan fingerprint density at radius 2 is 0.757 bits per heavy atom. The second-order valence-electron chi connectivity index (χ2n) is 8.75. The highest BCUT2D eigenvalue weighted by atomic mass is 16.4. The molecule has 16 heteroatoms. The van der Waals surface area contributed by atoms with Crippen LogP contribution in [0.1, 0.15) is 0 Å². The Kier molecular flexibility index (Phi) is 15.0. The minimum Gasteiger partial charge on any atom is -0.480 e. The summed E-state index contributed by atoms with van der Waals surface area (Å²) in [5.41, 5.74) is 0. The molecule has 1 saturated heterocycles. The van der Waals surface area contributed by atoms with Gasteiger partial charge in [-0.1, -0.05) is 0 Å². The molecule has 1 fully saturated rings. The first kappa shape index (κ1) is 33.0. The van der Waals surface area contributed by atoms with E-state index in [0.29, 0.717) is 0 Å². The maximum atomic E-state index is 11.8. The van der Waals surface area contributed by atoms with E-state index < -0.39 is 81.2 Å². The lowest BCUT2D eigenvalue weighted by atomic mass is 10.1. The Bertz CT molecular complexity index is 679. The van der Waals surface area contributed by atoms with E-state index in [1.807, 2.05) is 0 Å². The molecule has 16 nitrogen and oxygen atoms in total. The van der Waals surface area contributed by atoms with E-state index in [1.165, 1.54) is 14.7 Å². The van der Waals surface area contributed by atoms with E-state index in [2.05, 4.69) is 0 Å². The normalized spacial score (nSPS) is 22.2. The summed E-state index contributed by atoms with van der Waals surface area (Å²) < 4.78 is 0. The summed E-state index contributed by atoms with van der Waals surface area (Å²) in [6, 6.07) is -5.03. The number of carboxylic acids is 3. The van der Waals surface area contributed by atoms with Crippen molar-refractivity contribution in [1.29, 1.82) is 0 Å². The number of hydrogen-bond donors (Lipinski definition) is 9. The van der Waals surface area contributed by atoms with Crippen molar-refractivity contribution in [1.82, 2.24) is 19.6 Å². The van der Waals surface area contributed by atoms with E-state index in [-0.39, 0.29) is 52.4 Å². The zero-order valence-corrected chi connectivity index (χ0v) is 20.6. The van der Waals surface area contributed by atoms with E-state index in [0.717, 1.165) is 0 Å². The molecule has 0 aromatic rings. The Morgan fingerprint density at radius 3 is 0.946 bits per heavy atom. The van der Waals surface area contributed by atoms with Gasteiger partial charge in [0.15, 0.2) is 0 Å². The molecule has 0 aromatic heterocycles. The number of carboxylic acid groups (broad SMARTS) is 3. The number of aliphatic hydroxyl groups is 6. The molecule has 0 radical (unpaired) electrons. The van der Waals surface area contributed by atoms with Gasteiger partial charge in [-0.15, -0.1) is 0 Å². The fourth-order valence-corrected chi connectivity index (χ4v) is 4.39. The molecule has 0 bridgehead atoms. The van der Waals surface area contributed by atoms with Gasteiger partial charge in [-0.25, -0.2) is 0 Å². The van der Waals surface area contributed by atoms with Crippen LogP contribution in [0.15, 0.2) is 0 Å². The van der Waals surface area contributed by atoms with Crippen molar-refractivity contribution in [2.45, 2.75) is 30.3 Å². The minimum absolute atomic E-state index is 0.0146. The molecule has 1 rings (SSSR count). The van der Waals surface area contributed by atoms with E-state index in [1.54, 1.807) is 4.90 Å². The summed E-state index contributed by atoms with van der Waals surface area (Å²) >= 11 is 0. The molecule has 1 aliphatic rings. The van der Waals surface area contributed by atoms with Crippen LogP contribution in [-0.2, 0) is 14.4 Å². The number of rotatable bonds is 13. The van der Waals surface area contributed by atoms with Gasteiger partial charge in [-0.05, 0) is 0 Å². The fourth-order valence-electron chi connectivity index (χ4n) is 4.39. The molecule has 0 aromatic carbocycles. The standard InChI is InChI=1S/C21H40N4O12/c26-9-14(18(31)13-30)22-1-3-23(15(10-27)19(32)33)5-7-25(17(12-29)21(36)37)8-6-24(4-2-22)16(11-28)20(34)35/h14-18,26-31H,1-13H2,(H,32,33)(H,34,35)(H,36,37). The Hall–Kier alpha value is -1.99. The highest BCUT2D eigenvalue weighted by Crippen LogP contribution is 2.12. The highest BCUT2D eigenvalue weighted by molar-refractivity contribution is 5.74. The third-order valence-electron chi connectivity index (χ3n) is 6.68. The van der Waals surface area contributed by atoms with Crippen molar-refractivity contribution >= 4 is 17.9 Å². The van der Waals surface area contributed by atoms with Crippen molar-refractivity contribution in [3.8, 4) is 0 Å². The second kappa shape index (κ2) is 16.8. The molecule has 5 atom stereocenters. The van der Waals surface area contributed by atoms with E-state index in [9.17, 15) is 60.3 Å². The Morgan fingerprint density at radius 1 is 0.486 bits per heavy atom. The summed E-state index contributed by atoms with van der Waals surface area (Å²) in [6.07, 6.45) is -1.36. The van der Waals surface area contributed by atoms with Gasteiger partial charge < -0.3 is 46.0 Å². The van der Waals surface area contributed by atoms with Crippen LogP contribution in [0.4, 0.5) is 0 Å². The van der Waals surface area contributed by atoms with Crippen LogP contribution in [0.25, 0.3) is 0 Å². The maximum absolute atomic E-state index is 11.8. The molecule has 37 heavy (non-hydrogen) atoms. The molecule has 0 aliphatic carbocycles. The first-order valence-corrected chi connectivity index (χ1v) is 11.9. The van der Waals surface area contributed by atoms with Crippen LogP contribution in [0.3, 0.4) is 0 Å². The number of aliphatic carboxylic acids is 3. The monoisotopic (exact) mass is 540 g/mol. The van der Waals surface area contributed by atoms with Gasteiger partial charge in [-0.2, -0.15) is 0 Å². The number of aliphatic hydroxyl groups excluding tert-OH is 6.